The van der Waals surface area contributed by atoms with E-state index in [9.17, 15) is 23.1 Å². The summed E-state index contributed by atoms with van der Waals surface area (Å²) in [7, 11) is 1.37. The number of methoxy groups -OCH3 is 1. The molecule has 0 fully saturated rings. The summed E-state index contributed by atoms with van der Waals surface area (Å²) in [5.74, 6) is -0.699. The molecule has 1 N–H and O–H groups in total. The summed E-state index contributed by atoms with van der Waals surface area (Å²) in [6, 6.07) is 10.5. The fourth-order valence-electron chi connectivity index (χ4n) is 2.54. The topological polar surface area (TPSA) is 59.4 Å². The largest absolute Gasteiger partial charge is 0.503 e. The van der Waals surface area contributed by atoms with Crippen molar-refractivity contribution in [1.82, 2.24) is 4.98 Å². The number of aromatic nitrogens is 1. The Morgan fingerprint density at radius 1 is 1.29 bits per heavy atom. The number of carboxylic acids is 1. The molecule has 0 aliphatic heterocycles. The summed E-state index contributed by atoms with van der Waals surface area (Å²) in [6.45, 7) is 0. The molecule has 0 atom stereocenters. The van der Waals surface area contributed by atoms with Crippen molar-refractivity contribution in [2.45, 2.75) is 16.3 Å². The van der Waals surface area contributed by atoms with Crippen molar-refractivity contribution >= 4 is 44.9 Å². The van der Waals surface area contributed by atoms with Crippen LogP contribution in [0.5, 0.6) is 0 Å². The highest BCUT2D eigenvalue weighted by Crippen LogP contribution is 2.36. The highest BCUT2D eigenvalue weighted by molar-refractivity contribution is 8.00. The summed E-state index contributed by atoms with van der Waals surface area (Å²) in [5, 5.41) is 9.40. The van der Waals surface area contributed by atoms with Crippen LogP contribution in [0, 0.1) is 0 Å². The number of benzene rings is 2. The lowest BCUT2D eigenvalue weighted by atomic mass is 10.0. The minimum Gasteiger partial charge on any atom is -0.503 e. The highest BCUT2D eigenvalue weighted by Gasteiger charge is 2.30. The Hall–Kier alpha value is -2.52. The van der Waals surface area contributed by atoms with E-state index in [-0.39, 0.29) is 5.57 Å². The molecule has 0 amide bonds. The Morgan fingerprint density at radius 2 is 2.04 bits per heavy atom. The number of ether oxygens (including phenoxy) is 1. The summed E-state index contributed by atoms with van der Waals surface area (Å²) >= 11 is 2.63. The van der Waals surface area contributed by atoms with E-state index in [1.165, 1.54) is 42.5 Å². The molecule has 0 radical (unpaired) electrons. The maximum Gasteiger partial charge on any atom is 0.416 e. The third-order valence-corrected chi connectivity index (χ3v) is 6.05. The first-order valence-electron chi connectivity index (χ1n) is 7.94. The fourth-order valence-corrected chi connectivity index (χ4v) is 4.59. The van der Waals surface area contributed by atoms with Crippen LogP contribution in [0.4, 0.5) is 13.2 Å². The molecule has 4 nitrogen and oxygen atoms in total. The van der Waals surface area contributed by atoms with Crippen molar-refractivity contribution in [3.05, 3.63) is 65.4 Å². The molecule has 2 aromatic carbocycles. The van der Waals surface area contributed by atoms with Crippen LogP contribution < -0.4 is 0 Å². The number of thioether (sulfide) groups is 1. The third kappa shape index (κ3) is 4.48. The number of hydrogen-bond acceptors (Lipinski definition) is 5. The Labute approximate surface area is 166 Å². The Bertz CT molecular complexity index is 1040. The van der Waals surface area contributed by atoms with Crippen molar-refractivity contribution in [2.24, 2.45) is 0 Å². The van der Waals surface area contributed by atoms with Gasteiger partial charge in [-0.05, 0) is 29.3 Å². The second-order valence-electron chi connectivity index (χ2n) is 5.68. The van der Waals surface area contributed by atoms with Crippen LogP contribution in [-0.2, 0) is 21.5 Å². The highest BCUT2D eigenvalue weighted by atomic mass is 32.2. The van der Waals surface area contributed by atoms with Crippen molar-refractivity contribution in [1.29, 1.82) is 0 Å². The molecule has 0 saturated heterocycles. The minimum absolute atomic E-state index is 0.0258. The Kier molecular flexibility index (Phi) is 5.95. The first-order valence-corrected chi connectivity index (χ1v) is 9.75. The second-order valence-corrected chi connectivity index (χ2v) is 7.93. The van der Waals surface area contributed by atoms with E-state index in [0.717, 1.165) is 17.7 Å². The van der Waals surface area contributed by atoms with E-state index < -0.39 is 17.7 Å². The number of aliphatic carboxylic acids is 1. The molecule has 0 aliphatic rings. The monoisotopic (exact) mass is 425 g/mol. The van der Waals surface area contributed by atoms with Crippen LogP contribution in [0.25, 0.3) is 15.8 Å². The normalized spacial score (nSPS) is 12.4. The molecule has 28 heavy (non-hydrogen) atoms. The van der Waals surface area contributed by atoms with E-state index in [0.29, 0.717) is 25.9 Å². The fraction of sp³-hybridized carbons (Fsp3) is 0.158. The lowest BCUT2D eigenvalue weighted by molar-refractivity contribution is -0.137. The van der Waals surface area contributed by atoms with Gasteiger partial charge in [0, 0.05) is 5.75 Å². The van der Waals surface area contributed by atoms with Gasteiger partial charge in [-0.3, -0.25) is 0 Å². The van der Waals surface area contributed by atoms with E-state index in [4.69, 9.17) is 4.74 Å². The number of carbonyl (C=O) groups is 1. The summed E-state index contributed by atoms with van der Waals surface area (Å²) in [4.78, 5) is 15.8. The Morgan fingerprint density at radius 3 is 2.71 bits per heavy atom. The molecule has 0 aliphatic carbocycles. The third-order valence-electron chi connectivity index (χ3n) is 3.82. The zero-order valence-corrected chi connectivity index (χ0v) is 16.1. The smallest absolute Gasteiger partial charge is 0.416 e. The maximum atomic E-state index is 12.8. The molecule has 0 saturated carbocycles. The van der Waals surface area contributed by atoms with E-state index >= 15 is 0 Å². The van der Waals surface area contributed by atoms with Crippen LogP contribution in [0.3, 0.4) is 0 Å². The summed E-state index contributed by atoms with van der Waals surface area (Å²) < 4.78 is 44.7. The van der Waals surface area contributed by atoms with Crippen LogP contribution in [0.2, 0.25) is 0 Å². The van der Waals surface area contributed by atoms with Crippen molar-refractivity contribution in [3.63, 3.8) is 0 Å². The van der Waals surface area contributed by atoms with Crippen molar-refractivity contribution in [3.8, 4) is 0 Å². The van der Waals surface area contributed by atoms with Gasteiger partial charge in [0.25, 0.3) is 0 Å². The molecule has 3 aromatic rings. The van der Waals surface area contributed by atoms with Crippen LogP contribution >= 0.6 is 23.1 Å². The van der Waals surface area contributed by atoms with E-state index in [2.05, 4.69) is 4.98 Å². The van der Waals surface area contributed by atoms with E-state index in [1.807, 2.05) is 0 Å². The van der Waals surface area contributed by atoms with Gasteiger partial charge in [0.1, 0.15) is 5.57 Å². The van der Waals surface area contributed by atoms with Gasteiger partial charge >= 0.3 is 12.1 Å². The molecular weight excluding hydrogens is 411 g/mol. The van der Waals surface area contributed by atoms with E-state index in [1.54, 1.807) is 24.3 Å². The summed E-state index contributed by atoms with van der Waals surface area (Å²) in [6.07, 6.45) is -3.24. The number of nitrogens with zero attached hydrogens (tertiary/aromatic N) is 1. The lowest BCUT2D eigenvalue weighted by Gasteiger charge is -2.09. The number of alkyl halides is 3. The zero-order valence-electron chi connectivity index (χ0n) is 14.5. The molecule has 1 aromatic heterocycles. The predicted octanol–water partition coefficient (Wildman–Crippen LogP) is 5.68. The van der Waals surface area contributed by atoms with Gasteiger partial charge in [-0.25, -0.2) is 9.78 Å². The number of rotatable bonds is 6. The van der Waals surface area contributed by atoms with Gasteiger partial charge in [-0.2, -0.15) is 13.2 Å². The standard InChI is InChI=1S/C19H14F3NO3S2/c1-26-9-14(17(24)25)13-5-3-2-4-11(13)10-27-18-23-15-8-12(19(20,21)22)6-7-16(15)28-18/h2-9H,10H2,1H3,(H,24,25)/b14-9+. The molecule has 0 spiro atoms. The van der Waals surface area contributed by atoms with Crippen LogP contribution in [-0.4, -0.2) is 23.2 Å². The molecule has 9 heteroatoms. The maximum absolute atomic E-state index is 12.8. The van der Waals surface area contributed by atoms with Crippen molar-refractivity contribution < 1.29 is 27.8 Å². The quantitative estimate of drug-likeness (QED) is 0.313. The molecule has 146 valence electrons. The molecule has 0 unspecified atom stereocenters. The number of halogens is 3. The zero-order chi connectivity index (χ0) is 20.3. The average Bonchev–Trinajstić information content (AvgIpc) is 3.06. The average molecular weight is 425 g/mol. The van der Waals surface area contributed by atoms with Gasteiger partial charge in [-0.1, -0.05) is 36.0 Å². The molecule has 3 rings (SSSR count). The number of carboxylic acid groups (broad SMARTS) is 1. The van der Waals surface area contributed by atoms with Gasteiger partial charge in [0.05, 0.1) is 29.2 Å². The number of thiazole rings is 1. The predicted molar refractivity (Wildman–Crippen MR) is 103 cm³/mol. The van der Waals surface area contributed by atoms with Crippen molar-refractivity contribution in [2.75, 3.05) is 7.11 Å². The van der Waals surface area contributed by atoms with Gasteiger partial charge in [0.2, 0.25) is 0 Å². The molecular formula is C19H14F3NO3S2. The first kappa shape index (κ1) is 20.2. The lowest BCUT2D eigenvalue weighted by Crippen LogP contribution is -2.03. The second kappa shape index (κ2) is 8.24. The summed E-state index contributed by atoms with van der Waals surface area (Å²) in [5.41, 5.74) is 0.861. The number of fused-ring (bicyclic) bond motifs is 1. The first-order chi connectivity index (χ1) is 13.3. The van der Waals surface area contributed by atoms with Crippen LogP contribution in [0.1, 0.15) is 16.7 Å². The van der Waals surface area contributed by atoms with Gasteiger partial charge in [0.15, 0.2) is 4.34 Å². The molecule has 0 bridgehead atoms. The van der Waals surface area contributed by atoms with Crippen LogP contribution in [0.15, 0.2) is 53.1 Å². The van der Waals surface area contributed by atoms with Gasteiger partial charge < -0.3 is 9.84 Å². The number of hydrogen-bond donors (Lipinski definition) is 1. The van der Waals surface area contributed by atoms with Gasteiger partial charge in [-0.15, -0.1) is 11.3 Å². The Balaban J connectivity index is 1.85. The SMILES string of the molecule is CO/C=C(/C(=O)O)c1ccccc1CSc1nc2cc(C(F)(F)F)ccc2s1. The molecule has 1 heterocycles. The minimum atomic E-state index is -4.41.